The molecule has 0 radical (unpaired) electrons. The van der Waals surface area contributed by atoms with E-state index in [-0.39, 0.29) is 11.7 Å². The van der Waals surface area contributed by atoms with Crippen molar-refractivity contribution in [2.45, 2.75) is 51.7 Å². The Morgan fingerprint density at radius 3 is 2.72 bits per heavy atom. The average Bonchev–Trinajstić information content (AvgIpc) is 2.88. The molecule has 25 heavy (non-hydrogen) atoms. The first kappa shape index (κ1) is 17.6. The van der Waals surface area contributed by atoms with Crippen LogP contribution in [-0.2, 0) is 18.4 Å². The van der Waals surface area contributed by atoms with Crippen LogP contribution < -0.4 is 0 Å². The summed E-state index contributed by atoms with van der Waals surface area (Å²) < 4.78 is 21.5. The van der Waals surface area contributed by atoms with Crippen LogP contribution in [0.4, 0.5) is 4.39 Å². The number of hydrogen-bond acceptors (Lipinski definition) is 3. The summed E-state index contributed by atoms with van der Waals surface area (Å²) in [6, 6.07) is 4.57. The van der Waals surface area contributed by atoms with E-state index in [0.717, 1.165) is 12.8 Å². The summed E-state index contributed by atoms with van der Waals surface area (Å²) >= 11 is 0. The van der Waals surface area contributed by atoms with Gasteiger partial charge in [-0.1, -0.05) is 19.3 Å². The summed E-state index contributed by atoms with van der Waals surface area (Å²) in [5.74, 6) is -1.47. The molecule has 1 N–H and O–H groups in total. The van der Waals surface area contributed by atoms with Crippen molar-refractivity contribution >= 4 is 5.97 Å². The van der Waals surface area contributed by atoms with Gasteiger partial charge in [-0.05, 0) is 43.5 Å². The molecule has 1 aromatic carbocycles. The summed E-state index contributed by atoms with van der Waals surface area (Å²) in [4.78, 5) is 11.6. The molecule has 1 aromatic heterocycles. The largest absolute Gasteiger partial charge is 0.478 e. The molecule has 2 aromatic rings. The van der Waals surface area contributed by atoms with Crippen molar-refractivity contribution in [3.8, 4) is 11.3 Å². The lowest BCUT2D eigenvalue weighted by atomic mass is 9.98. The fourth-order valence-electron chi connectivity index (χ4n) is 3.56. The zero-order chi connectivity index (χ0) is 18.0. The molecule has 0 unspecified atom stereocenters. The quantitative estimate of drug-likeness (QED) is 0.886. The van der Waals surface area contributed by atoms with Crippen molar-refractivity contribution in [2.24, 2.45) is 7.05 Å². The number of rotatable bonds is 5. The van der Waals surface area contributed by atoms with Gasteiger partial charge in [-0.2, -0.15) is 5.10 Å². The number of carbonyl (C=O) groups is 1. The first-order chi connectivity index (χ1) is 12.0. The minimum Gasteiger partial charge on any atom is -0.478 e. The minimum atomic E-state index is -1.06. The van der Waals surface area contributed by atoms with Gasteiger partial charge in [0.25, 0.3) is 0 Å². The molecule has 1 aliphatic carbocycles. The van der Waals surface area contributed by atoms with Gasteiger partial charge in [0.2, 0.25) is 0 Å². The predicted octanol–water partition coefficient (Wildman–Crippen LogP) is 4.08. The van der Waals surface area contributed by atoms with Crippen LogP contribution in [0.5, 0.6) is 0 Å². The van der Waals surface area contributed by atoms with E-state index in [1.165, 1.54) is 36.1 Å². The standard InChI is InChI=1S/C19H23FN2O3/c1-12-17(19(23)24)18(22(2)21-12)14-8-13(9-15(20)10-14)11-25-16-6-4-3-5-7-16/h8-10,16H,3-7,11H2,1-2H3,(H,23,24). The maximum absolute atomic E-state index is 14.1. The molecule has 134 valence electrons. The van der Waals surface area contributed by atoms with E-state index in [4.69, 9.17) is 4.74 Å². The van der Waals surface area contributed by atoms with E-state index in [0.29, 0.717) is 29.1 Å². The van der Waals surface area contributed by atoms with Gasteiger partial charge in [0.15, 0.2) is 0 Å². The number of aromatic nitrogens is 2. The van der Waals surface area contributed by atoms with Crippen LogP contribution in [0.1, 0.15) is 53.7 Å². The molecule has 5 nitrogen and oxygen atoms in total. The molecule has 0 spiro atoms. The Hall–Kier alpha value is -2.21. The van der Waals surface area contributed by atoms with Crippen LogP contribution in [0.2, 0.25) is 0 Å². The number of carboxylic acids is 1. The molecule has 1 saturated carbocycles. The molecule has 1 aliphatic rings. The predicted molar refractivity (Wildman–Crippen MR) is 92.0 cm³/mol. The number of carboxylic acid groups (broad SMARTS) is 1. The molecule has 1 heterocycles. The lowest BCUT2D eigenvalue weighted by Gasteiger charge is -2.22. The second kappa shape index (κ2) is 7.35. The molecule has 3 rings (SSSR count). The zero-order valence-corrected chi connectivity index (χ0v) is 14.6. The van der Waals surface area contributed by atoms with Gasteiger partial charge in [-0.15, -0.1) is 0 Å². The van der Waals surface area contributed by atoms with Crippen molar-refractivity contribution in [3.05, 3.63) is 40.8 Å². The van der Waals surface area contributed by atoms with Crippen LogP contribution in [0.25, 0.3) is 11.3 Å². The van der Waals surface area contributed by atoms with Gasteiger partial charge in [-0.25, -0.2) is 9.18 Å². The molecule has 0 bridgehead atoms. The molecule has 1 fully saturated rings. The number of halogens is 1. The summed E-state index contributed by atoms with van der Waals surface area (Å²) in [5.41, 5.74) is 2.13. The molecule has 0 saturated heterocycles. The van der Waals surface area contributed by atoms with Gasteiger partial charge in [0.05, 0.1) is 24.1 Å². The third-order valence-corrected chi connectivity index (χ3v) is 4.70. The maximum atomic E-state index is 14.1. The van der Waals surface area contributed by atoms with Crippen LogP contribution in [0, 0.1) is 12.7 Å². The number of aromatic carboxylic acids is 1. The van der Waals surface area contributed by atoms with Gasteiger partial charge in [0.1, 0.15) is 11.4 Å². The van der Waals surface area contributed by atoms with E-state index in [1.807, 2.05) is 0 Å². The third-order valence-electron chi connectivity index (χ3n) is 4.70. The molecular weight excluding hydrogens is 323 g/mol. The maximum Gasteiger partial charge on any atom is 0.339 e. The SMILES string of the molecule is Cc1nn(C)c(-c2cc(F)cc(COC3CCCCC3)c2)c1C(=O)O. The fraction of sp³-hybridized carbons (Fsp3) is 0.474. The van der Waals surface area contributed by atoms with Crippen LogP contribution >= 0.6 is 0 Å². The fourth-order valence-corrected chi connectivity index (χ4v) is 3.56. The van der Waals surface area contributed by atoms with E-state index in [1.54, 1.807) is 20.0 Å². The number of nitrogens with zero attached hydrogens (tertiary/aromatic N) is 2. The Morgan fingerprint density at radius 1 is 1.32 bits per heavy atom. The highest BCUT2D eigenvalue weighted by Crippen LogP contribution is 2.28. The monoisotopic (exact) mass is 346 g/mol. The Labute approximate surface area is 146 Å². The second-order valence-corrected chi connectivity index (χ2v) is 6.66. The van der Waals surface area contributed by atoms with Crippen molar-refractivity contribution in [3.63, 3.8) is 0 Å². The molecule has 0 atom stereocenters. The lowest BCUT2D eigenvalue weighted by Crippen LogP contribution is -2.16. The van der Waals surface area contributed by atoms with Crippen LogP contribution in [-0.4, -0.2) is 27.0 Å². The van der Waals surface area contributed by atoms with Crippen molar-refractivity contribution < 1.29 is 19.0 Å². The molecular formula is C19H23FN2O3. The Bertz CT molecular complexity index is 779. The van der Waals surface area contributed by atoms with Crippen molar-refractivity contribution in [1.29, 1.82) is 0 Å². The van der Waals surface area contributed by atoms with Gasteiger partial charge in [0, 0.05) is 12.6 Å². The summed E-state index contributed by atoms with van der Waals surface area (Å²) in [5, 5.41) is 13.6. The molecule has 0 amide bonds. The van der Waals surface area contributed by atoms with Crippen molar-refractivity contribution in [2.75, 3.05) is 0 Å². The lowest BCUT2D eigenvalue weighted by molar-refractivity contribution is 0.0168. The minimum absolute atomic E-state index is 0.104. The van der Waals surface area contributed by atoms with Gasteiger partial charge in [-0.3, -0.25) is 4.68 Å². The van der Waals surface area contributed by atoms with Crippen LogP contribution in [0.15, 0.2) is 18.2 Å². The highest BCUT2D eigenvalue weighted by Gasteiger charge is 2.22. The first-order valence-electron chi connectivity index (χ1n) is 8.64. The first-order valence-corrected chi connectivity index (χ1v) is 8.64. The highest BCUT2D eigenvalue weighted by atomic mass is 19.1. The molecule has 0 aliphatic heterocycles. The Morgan fingerprint density at radius 2 is 2.04 bits per heavy atom. The van der Waals surface area contributed by atoms with E-state index >= 15 is 0 Å². The number of aryl methyl sites for hydroxylation is 2. The Kier molecular flexibility index (Phi) is 5.18. The normalized spacial score (nSPS) is 15.5. The number of ether oxygens (including phenoxy) is 1. The smallest absolute Gasteiger partial charge is 0.339 e. The van der Waals surface area contributed by atoms with E-state index < -0.39 is 11.8 Å². The topological polar surface area (TPSA) is 64.4 Å². The zero-order valence-electron chi connectivity index (χ0n) is 14.6. The number of hydrogen-bond donors (Lipinski definition) is 1. The highest BCUT2D eigenvalue weighted by molar-refractivity contribution is 5.96. The summed E-state index contributed by atoms with van der Waals surface area (Å²) in [6.45, 7) is 1.97. The van der Waals surface area contributed by atoms with Crippen LogP contribution in [0.3, 0.4) is 0 Å². The average molecular weight is 346 g/mol. The van der Waals surface area contributed by atoms with E-state index in [2.05, 4.69) is 5.10 Å². The summed E-state index contributed by atoms with van der Waals surface area (Å²) in [6.07, 6.45) is 5.93. The number of benzene rings is 1. The Balaban J connectivity index is 1.88. The summed E-state index contributed by atoms with van der Waals surface area (Å²) in [7, 11) is 1.66. The molecule has 6 heteroatoms. The second-order valence-electron chi connectivity index (χ2n) is 6.66. The van der Waals surface area contributed by atoms with Gasteiger partial charge >= 0.3 is 5.97 Å². The van der Waals surface area contributed by atoms with Crippen molar-refractivity contribution in [1.82, 2.24) is 9.78 Å². The van der Waals surface area contributed by atoms with E-state index in [9.17, 15) is 14.3 Å². The van der Waals surface area contributed by atoms with Gasteiger partial charge < -0.3 is 9.84 Å². The third kappa shape index (κ3) is 3.90.